The van der Waals surface area contributed by atoms with E-state index in [9.17, 15) is 13.2 Å². The summed E-state index contributed by atoms with van der Waals surface area (Å²) >= 11 is 6.30. The van der Waals surface area contributed by atoms with Gasteiger partial charge < -0.3 is 4.74 Å². The Morgan fingerprint density at radius 2 is 2.00 bits per heavy atom. The molecule has 0 aromatic carbocycles. The molecule has 4 rings (SSSR count). The molecule has 1 fully saturated rings. The molecule has 3 aromatic heterocycles. The number of alkyl halides is 3. The Morgan fingerprint density at radius 3 is 2.68 bits per heavy atom. The van der Waals surface area contributed by atoms with Crippen LogP contribution in [0, 0.1) is 24.2 Å². The first-order valence-corrected chi connectivity index (χ1v) is 10.1. The van der Waals surface area contributed by atoms with Crippen molar-refractivity contribution in [3.8, 4) is 23.3 Å². The van der Waals surface area contributed by atoms with Crippen molar-refractivity contribution in [2.24, 2.45) is 5.92 Å². The normalized spacial score (nSPS) is 19.4. The number of rotatable bonds is 4. The van der Waals surface area contributed by atoms with Crippen molar-refractivity contribution < 1.29 is 17.9 Å². The van der Waals surface area contributed by atoms with Crippen LogP contribution in [-0.4, -0.2) is 37.0 Å². The number of pyridine rings is 1. The average molecular weight is 451 g/mol. The number of hydrogen-bond donors (Lipinski definition) is 0. The highest BCUT2D eigenvalue weighted by Gasteiger charge is 2.41. The van der Waals surface area contributed by atoms with Crippen LogP contribution in [0.25, 0.3) is 22.3 Å². The lowest BCUT2D eigenvalue weighted by molar-refractivity contribution is -0.185. The highest BCUT2D eigenvalue weighted by Crippen LogP contribution is 2.39. The Labute approximate surface area is 180 Å². The molecule has 0 unspecified atom stereocenters. The Morgan fingerprint density at radius 1 is 1.26 bits per heavy atom. The van der Waals surface area contributed by atoms with E-state index in [0.29, 0.717) is 41.0 Å². The first-order chi connectivity index (χ1) is 14.8. The Balaban J connectivity index is 1.63. The smallest absolute Gasteiger partial charge is 0.391 e. The zero-order valence-electron chi connectivity index (χ0n) is 16.5. The summed E-state index contributed by atoms with van der Waals surface area (Å²) in [5.74, 6) is -0.597. The third-order valence-electron chi connectivity index (χ3n) is 5.32. The van der Waals surface area contributed by atoms with Crippen LogP contribution in [0.15, 0.2) is 18.3 Å². The van der Waals surface area contributed by atoms with Gasteiger partial charge >= 0.3 is 6.18 Å². The molecule has 11 heteroatoms. The minimum absolute atomic E-state index is 0.0205. The van der Waals surface area contributed by atoms with Gasteiger partial charge in [-0.3, -0.25) is 0 Å². The molecule has 1 aliphatic carbocycles. The van der Waals surface area contributed by atoms with E-state index in [0.717, 1.165) is 0 Å². The fraction of sp³-hybridized carbons (Fsp3) is 0.450. The predicted molar refractivity (Wildman–Crippen MR) is 106 cm³/mol. The summed E-state index contributed by atoms with van der Waals surface area (Å²) < 4.78 is 46.1. The zero-order chi connectivity index (χ0) is 22.2. The van der Waals surface area contributed by atoms with Crippen molar-refractivity contribution in [2.75, 3.05) is 0 Å². The van der Waals surface area contributed by atoms with Gasteiger partial charge in [0.25, 0.3) is 0 Å². The molecule has 0 amide bonds. The first kappa shape index (κ1) is 21.3. The molecule has 3 heterocycles. The molecule has 0 aliphatic heterocycles. The van der Waals surface area contributed by atoms with Gasteiger partial charge in [-0.15, -0.1) is 0 Å². The molecule has 162 valence electrons. The van der Waals surface area contributed by atoms with Gasteiger partial charge in [0, 0.05) is 12.3 Å². The van der Waals surface area contributed by atoms with Gasteiger partial charge in [0.2, 0.25) is 5.88 Å². The summed E-state index contributed by atoms with van der Waals surface area (Å²) in [6, 6.07) is 5.35. The lowest BCUT2D eigenvalue weighted by Gasteiger charge is -2.29. The van der Waals surface area contributed by atoms with E-state index in [4.69, 9.17) is 21.6 Å². The van der Waals surface area contributed by atoms with Gasteiger partial charge in [0.05, 0.1) is 28.6 Å². The van der Waals surface area contributed by atoms with Crippen molar-refractivity contribution in [2.45, 2.75) is 51.4 Å². The van der Waals surface area contributed by atoms with Crippen LogP contribution in [0.3, 0.4) is 0 Å². The number of fused-ring (bicyclic) bond motifs is 1. The van der Waals surface area contributed by atoms with E-state index in [1.54, 1.807) is 19.1 Å². The van der Waals surface area contributed by atoms with Crippen LogP contribution in [0.5, 0.6) is 5.88 Å². The molecule has 1 aliphatic rings. The average Bonchev–Trinajstić information content (AvgIpc) is 3.08. The number of nitriles is 1. The SMILES string of the molecule is Cc1nc(OC2CCC(C(F)(F)F)CC2)cc(-c2nn(CC#N)c3ccnc(Cl)c23)n1. The number of ether oxygens (including phenoxy) is 1. The van der Waals surface area contributed by atoms with E-state index in [2.05, 4.69) is 26.1 Å². The highest BCUT2D eigenvalue weighted by atomic mass is 35.5. The van der Waals surface area contributed by atoms with Crippen molar-refractivity contribution in [3.05, 3.63) is 29.3 Å². The second kappa shape index (κ2) is 8.30. The van der Waals surface area contributed by atoms with Crippen LogP contribution < -0.4 is 4.74 Å². The maximum Gasteiger partial charge on any atom is 0.391 e. The van der Waals surface area contributed by atoms with Crippen LogP contribution in [0.1, 0.15) is 31.5 Å². The van der Waals surface area contributed by atoms with E-state index >= 15 is 0 Å². The van der Waals surface area contributed by atoms with E-state index < -0.39 is 12.1 Å². The number of aryl methyl sites for hydroxylation is 1. The molecule has 0 spiro atoms. The Kier molecular flexibility index (Phi) is 5.71. The van der Waals surface area contributed by atoms with Gasteiger partial charge in [0.1, 0.15) is 29.3 Å². The summed E-state index contributed by atoms with van der Waals surface area (Å²) in [6.07, 6.45) is -2.30. The third-order valence-corrected chi connectivity index (χ3v) is 5.61. The van der Waals surface area contributed by atoms with Gasteiger partial charge in [-0.05, 0) is 38.7 Å². The van der Waals surface area contributed by atoms with Gasteiger partial charge in [0.15, 0.2) is 0 Å². The Bertz CT molecular complexity index is 1150. The zero-order valence-corrected chi connectivity index (χ0v) is 17.3. The van der Waals surface area contributed by atoms with Crippen LogP contribution in [-0.2, 0) is 6.54 Å². The number of nitrogens with zero attached hydrogens (tertiary/aromatic N) is 6. The monoisotopic (exact) mass is 450 g/mol. The summed E-state index contributed by atoms with van der Waals surface area (Å²) in [4.78, 5) is 12.8. The quantitative estimate of drug-likeness (QED) is 0.526. The van der Waals surface area contributed by atoms with Crippen LogP contribution in [0.2, 0.25) is 5.15 Å². The lowest BCUT2D eigenvalue weighted by Crippen LogP contribution is -2.32. The minimum atomic E-state index is -4.17. The molecule has 7 nitrogen and oxygen atoms in total. The summed E-state index contributed by atoms with van der Waals surface area (Å²) in [5.41, 5.74) is 1.50. The highest BCUT2D eigenvalue weighted by molar-refractivity contribution is 6.35. The maximum atomic E-state index is 12.9. The van der Waals surface area contributed by atoms with Crippen LogP contribution >= 0.6 is 11.6 Å². The van der Waals surface area contributed by atoms with Crippen LogP contribution in [0.4, 0.5) is 13.2 Å². The fourth-order valence-corrected chi connectivity index (χ4v) is 4.10. The predicted octanol–water partition coefficient (Wildman–Crippen LogP) is 4.87. The second-order valence-electron chi connectivity index (χ2n) is 7.43. The topological polar surface area (TPSA) is 89.5 Å². The number of aromatic nitrogens is 5. The maximum absolute atomic E-state index is 12.9. The minimum Gasteiger partial charge on any atom is -0.474 e. The van der Waals surface area contributed by atoms with E-state index in [-0.39, 0.29) is 36.5 Å². The summed E-state index contributed by atoms with van der Waals surface area (Å²) in [6.45, 7) is 1.71. The second-order valence-corrected chi connectivity index (χ2v) is 7.79. The van der Waals surface area contributed by atoms with Gasteiger partial charge in [-0.1, -0.05) is 11.6 Å². The summed E-state index contributed by atoms with van der Waals surface area (Å²) in [7, 11) is 0. The van der Waals surface area contributed by atoms with Crippen molar-refractivity contribution in [3.63, 3.8) is 0 Å². The molecule has 0 atom stereocenters. The molecule has 3 aromatic rings. The van der Waals surface area contributed by atoms with Crippen molar-refractivity contribution >= 4 is 22.5 Å². The summed E-state index contributed by atoms with van der Waals surface area (Å²) in [5, 5.41) is 14.3. The molecular weight excluding hydrogens is 433 g/mol. The largest absolute Gasteiger partial charge is 0.474 e. The van der Waals surface area contributed by atoms with Crippen molar-refractivity contribution in [1.29, 1.82) is 5.26 Å². The van der Waals surface area contributed by atoms with Gasteiger partial charge in [-0.2, -0.15) is 28.5 Å². The standard InChI is InChI=1S/C20H18ClF3N6O/c1-11-27-14(18-17-15(6-8-26-19(17)21)30(29-18)9-7-25)10-16(28-11)31-13-4-2-12(3-5-13)20(22,23)24/h6,8,10,12-13H,2-5,9H2,1H3. The lowest BCUT2D eigenvalue weighted by atomic mass is 9.87. The van der Waals surface area contributed by atoms with E-state index in [1.807, 2.05) is 0 Å². The molecule has 1 saturated carbocycles. The Hall–Kier alpha value is -2.93. The number of hydrogen-bond acceptors (Lipinski definition) is 6. The molecule has 0 radical (unpaired) electrons. The molecule has 0 N–H and O–H groups in total. The molecule has 31 heavy (non-hydrogen) atoms. The van der Waals surface area contributed by atoms with Gasteiger partial charge in [-0.25, -0.2) is 14.6 Å². The third kappa shape index (κ3) is 4.42. The number of halogens is 4. The van der Waals surface area contributed by atoms with Crippen molar-refractivity contribution in [1.82, 2.24) is 24.7 Å². The molecule has 0 bridgehead atoms. The molecular formula is C20H18ClF3N6O. The molecule has 0 saturated heterocycles. The first-order valence-electron chi connectivity index (χ1n) is 9.73. The van der Waals surface area contributed by atoms with E-state index in [1.165, 1.54) is 10.9 Å². The fourth-order valence-electron chi connectivity index (χ4n) is 3.85.